The Morgan fingerprint density at radius 1 is 1.03 bits per heavy atom. The zero-order valence-corrected chi connectivity index (χ0v) is 17.1. The lowest BCUT2D eigenvalue weighted by Crippen LogP contribution is -2.19. The van der Waals surface area contributed by atoms with E-state index in [4.69, 9.17) is 0 Å². The molecular weight excluding hydrogens is 440 g/mol. The first kappa shape index (κ1) is 22.1. The number of carbonyl (C=O) groups excluding carboxylic acids is 1. The van der Waals surface area contributed by atoms with Crippen LogP contribution in [-0.2, 0) is 12.9 Å². The number of hydrogen-bond donors (Lipinski definition) is 2. The van der Waals surface area contributed by atoms with Crippen molar-refractivity contribution in [2.45, 2.75) is 12.9 Å². The van der Waals surface area contributed by atoms with Crippen molar-refractivity contribution in [1.29, 1.82) is 0 Å². The summed E-state index contributed by atoms with van der Waals surface area (Å²) in [5.74, 6) is -0.414. The maximum absolute atomic E-state index is 13.6. The monoisotopic (exact) mass is 456 g/mol. The lowest BCUT2D eigenvalue weighted by Gasteiger charge is -2.12. The van der Waals surface area contributed by atoms with Gasteiger partial charge in [0.25, 0.3) is 5.91 Å². The molecule has 0 bridgehead atoms. The van der Waals surface area contributed by atoms with Crippen LogP contribution in [0.5, 0.6) is 0 Å². The number of nitrogens with one attached hydrogen (secondary N) is 2. The van der Waals surface area contributed by atoms with Crippen molar-refractivity contribution in [1.82, 2.24) is 25.3 Å². The van der Waals surface area contributed by atoms with E-state index in [2.05, 4.69) is 30.6 Å². The number of pyridine rings is 2. The van der Waals surface area contributed by atoms with Crippen LogP contribution in [0.2, 0.25) is 0 Å². The maximum atomic E-state index is 13.6. The summed E-state index contributed by atoms with van der Waals surface area (Å²) in [6, 6.07) is 9.66. The van der Waals surface area contributed by atoms with Crippen molar-refractivity contribution < 1.29 is 22.4 Å². The van der Waals surface area contributed by atoms with E-state index in [9.17, 15) is 22.4 Å². The number of anilines is 2. The summed E-state index contributed by atoms with van der Waals surface area (Å²) in [6.45, 7) is -0.769. The first-order chi connectivity index (χ1) is 15.8. The van der Waals surface area contributed by atoms with Gasteiger partial charge in [0.15, 0.2) is 0 Å². The van der Waals surface area contributed by atoms with Gasteiger partial charge in [0.05, 0.1) is 22.5 Å². The van der Waals surface area contributed by atoms with Crippen LogP contribution in [-0.4, -0.2) is 32.9 Å². The van der Waals surface area contributed by atoms with Crippen LogP contribution < -0.4 is 10.6 Å². The molecule has 168 valence electrons. The predicted octanol–water partition coefficient (Wildman–Crippen LogP) is 4.68. The molecule has 1 aromatic carbocycles. The fourth-order valence-electron chi connectivity index (χ4n) is 3.16. The van der Waals surface area contributed by atoms with Crippen LogP contribution in [0, 0.1) is 0 Å². The molecule has 0 aliphatic heterocycles. The van der Waals surface area contributed by atoms with Gasteiger partial charge in [-0.25, -0.2) is 19.3 Å². The maximum Gasteiger partial charge on any atom is 0.419 e. The molecule has 0 atom stereocenters. The fraction of sp³-hybridized carbons (Fsp3) is 0.136. The third-order valence-electron chi connectivity index (χ3n) is 4.82. The molecule has 3 aromatic heterocycles. The first-order valence-corrected chi connectivity index (χ1v) is 9.63. The molecule has 4 rings (SSSR count). The number of rotatable bonds is 5. The molecule has 1 amide bonds. The van der Waals surface area contributed by atoms with Crippen molar-refractivity contribution in [3.05, 3.63) is 71.8 Å². The van der Waals surface area contributed by atoms with Crippen LogP contribution in [0.3, 0.4) is 0 Å². The van der Waals surface area contributed by atoms with Crippen LogP contribution in [0.1, 0.15) is 21.6 Å². The van der Waals surface area contributed by atoms with E-state index in [1.807, 2.05) is 0 Å². The Labute approximate surface area is 184 Å². The molecule has 0 fully saturated rings. The average molecular weight is 456 g/mol. The van der Waals surface area contributed by atoms with Crippen LogP contribution in [0.15, 0.2) is 55.0 Å². The molecular formula is C22H16F4N6O. The van der Waals surface area contributed by atoms with Crippen LogP contribution in [0.4, 0.5) is 29.2 Å². The number of aromatic nitrogens is 4. The Hall–Kier alpha value is -4.15. The average Bonchev–Trinajstić information content (AvgIpc) is 2.82. The molecule has 0 saturated heterocycles. The molecule has 11 heteroatoms. The van der Waals surface area contributed by atoms with E-state index >= 15 is 0 Å². The Bertz CT molecular complexity index is 1330. The Kier molecular flexibility index (Phi) is 5.86. The van der Waals surface area contributed by atoms with E-state index in [-0.39, 0.29) is 11.6 Å². The first-order valence-electron chi connectivity index (χ1n) is 9.63. The van der Waals surface area contributed by atoms with Gasteiger partial charge in [-0.05, 0) is 18.2 Å². The zero-order chi connectivity index (χ0) is 23.6. The standard InChI is InChI=1S/C22H16F4N6O/c1-27-20(33)17-5-3-13(9-23)19(31-17)12-2-4-15-16(6-7-28-18(15)8-12)32-21-29-10-14(11-30-21)22(24,25)26/h2-8,10-11H,9H2,1H3,(H,27,33)(H,28,29,30,32). The normalized spacial score (nSPS) is 11.4. The minimum Gasteiger partial charge on any atom is -0.354 e. The van der Waals surface area contributed by atoms with E-state index in [0.29, 0.717) is 45.8 Å². The van der Waals surface area contributed by atoms with Crippen molar-refractivity contribution in [2.24, 2.45) is 0 Å². The fourth-order valence-corrected chi connectivity index (χ4v) is 3.16. The minimum absolute atomic E-state index is 0.0146. The molecule has 0 aliphatic carbocycles. The summed E-state index contributed by atoms with van der Waals surface area (Å²) in [6.07, 6.45) is -1.64. The highest BCUT2D eigenvalue weighted by Gasteiger charge is 2.31. The summed E-state index contributed by atoms with van der Waals surface area (Å²) in [7, 11) is 1.47. The summed E-state index contributed by atoms with van der Waals surface area (Å²) in [4.78, 5) is 28.0. The number of benzene rings is 1. The third kappa shape index (κ3) is 4.56. The highest BCUT2D eigenvalue weighted by atomic mass is 19.4. The lowest BCUT2D eigenvalue weighted by atomic mass is 10.0. The Balaban J connectivity index is 1.70. The number of nitrogens with zero attached hydrogens (tertiary/aromatic N) is 4. The van der Waals surface area contributed by atoms with Crippen molar-refractivity contribution in [3.63, 3.8) is 0 Å². The third-order valence-corrected chi connectivity index (χ3v) is 4.82. The molecule has 0 aliphatic rings. The smallest absolute Gasteiger partial charge is 0.354 e. The van der Waals surface area contributed by atoms with Crippen molar-refractivity contribution >= 4 is 28.4 Å². The topological polar surface area (TPSA) is 92.7 Å². The van der Waals surface area contributed by atoms with Gasteiger partial charge in [0.1, 0.15) is 12.4 Å². The van der Waals surface area contributed by atoms with Crippen LogP contribution >= 0.6 is 0 Å². The van der Waals surface area contributed by atoms with Gasteiger partial charge >= 0.3 is 6.18 Å². The number of alkyl halides is 4. The summed E-state index contributed by atoms with van der Waals surface area (Å²) < 4.78 is 51.7. The van der Waals surface area contributed by atoms with Crippen molar-refractivity contribution in [3.8, 4) is 11.3 Å². The Morgan fingerprint density at radius 2 is 1.79 bits per heavy atom. The van der Waals surface area contributed by atoms with Gasteiger partial charge in [-0.15, -0.1) is 0 Å². The van der Waals surface area contributed by atoms with Gasteiger partial charge in [0, 0.05) is 42.2 Å². The minimum atomic E-state index is -4.53. The van der Waals surface area contributed by atoms with E-state index in [1.54, 1.807) is 24.3 Å². The van der Waals surface area contributed by atoms with E-state index in [0.717, 1.165) is 0 Å². The predicted molar refractivity (Wildman–Crippen MR) is 113 cm³/mol. The van der Waals surface area contributed by atoms with Gasteiger partial charge in [0.2, 0.25) is 5.95 Å². The molecule has 3 heterocycles. The second kappa shape index (κ2) is 8.77. The Morgan fingerprint density at radius 3 is 2.45 bits per heavy atom. The number of fused-ring (bicyclic) bond motifs is 1. The van der Waals surface area contributed by atoms with Gasteiger partial charge in [-0.1, -0.05) is 18.2 Å². The van der Waals surface area contributed by atoms with Gasteiger partial charge in [-0.2, -0.15) is 13.2 Å². The molecule has 7 nitrogen and oxygen atoms in total. The second-order valence-corrected chi connectivity index (χ2v) is 6.93. The number of amides is 1. The summed E-state index contributed by atoms with van der Waals surface area (Å²) in [5.41, 5.74) is 1.41. The molecule has 0 saturated carbocycles. The lowest BCUT2D eigenvalue weighted by molar-refractivity contribution is -0.138. The quantitative estimate of drug-likeness (QED) is 0.424. The highest BCUT2D eigenvalue weighted by Crippen LogP contribution is 2.31. The molecule has 0 unspecified atom stereocenters. The van der Waals surface area contributed by atoms with Crippen LogP contribution in [0.25, 0.3) is 22.2 Å². The molecule has 2 N–H and O–H groups in total. The molecule has 33 heavy (non-hydrogen) atoms. The van der Waals surface area contributed by atoms with Gasteiger partial charge in [-0.3, -0.25) is 9.78 Å². The molecule has 0 radical (unpaired) electrons. The zero-order valence-electron chi connectivity index (χ0n) is 17.1. The summed E-state index contributed by atoms with van der Waals surface area (Å²) >= 11 is 0. The SMILES string of the molecule is CNC(=O)c1ccc(CF)c(-c2ccc3c(Nc4ncc(C(F)(F)F)cn4)ccnc3c2)n1. The van der Waals surface area contributed by atoms with Gasteiger partial charge < -0.3 is 10.6 Å². The highest BCUT2D eigenvalue weighted by molar-refractivity contribution is 5.95. The summed E-state index contributed by atoms with van der Waals surface area (Å²) in [5, 5.41) is 5.99. The van der Waals surface area contributed by atoms with E-state index < -0.39 is 24.3 Å². The molecule has 4 aromatic rings. The number of halogens is 4. The number of carbonyl (C=O) groups is 1. The number of hydrogen-bond acceptors (Lipinski definition) is 6. The van der Waals surface area contributed by atoms with E-state index in [1.165, 1.54) is 25.4 Å². The molecule has 0 spiro atoms. The largest absolute Gasteiger partial charge is 0.419 e. The second-order valence-electron chi connectivity index (χ2n) is 6.93. The van der Waals surface area contributed by atoms with Crippen molar-refractivity contribution in [2.75, 3.05) is 12.4 Å².